The van der Waals surface area contributed by atoms with Gasteiger partial charge >= 0.3 is 35.5 Å². The number of aliphatic carboxylic acids is 1. The van der Waals surface area contributed by atoms with E-state index in [-0.39, 0.29) is 36.0 Å². The molecule has 0 saturated heterocycles. The summed E-state index contributed by atoms with van der Waals surface area (Å²) in [5.41, 5.74) is 0. The molecule has 0 unspecified atom stereocenters. The molecule has 0 spiro atoms. The number of carboxylic acid groups (broad SMARTS) is 1. The van der Waals surface area contributed by atoms with E-state index in [4.69, 9.17) is 5.11 Å². The van der Waals surface area contributed by atoms with Gasteiger partial charge in [-0.05, 0) is 0 Å². The van der Waals surface area contributed by atoms with E-state index in [1.54, 1.807) is 6.92 Å². The van der Waals surface area contributed by atoms with Crippen molar-refractivity contribution in [2.75, 3.05) is 0 Å². The molecule has 0 bridgehead atoms. The van der Waals surface area contributed by atoms with Crippen molar-refractivity contribution in [2.24, 2.45) is 0 Å². The van der Waals surface area contributed by atoms with Crippen LogP contribution in [0.5, 0.6) is 0 Å². The molecule has 0 radical (unpaired) electrons. The third-order valence-corrected chi connectivity index (χ3v) is 0.302. The summed E-state index contributed by atoms with van der Waals surface area (Å²) in [6, 6.07) is 0. The molecular formula is C5H9NaO2. The molecule has 8 heavy (non-hydrogen) atoms. The van der Waals surface area contributed by atoms with Crippen LogP contribution in [0.15, 0.2) is 6.58 Å². The fourth-order valence-electron chi connectivity index (χ4n) is 0. The number of hydrogen-bond donors (Lipinski definition) is 1. The standard InChI is InChI=1S/C3H6O2.C2H3.Na/c1-2-3(4)5;1-2;/h2H2,1H3,(H,4,5);1H,2H2;/q;-1;+1. The Morgan fingerprint density at radius 1 is 1.75 bits per heavy atom. The third kappa shape index (κ3) is 34.5. The Balaban J connectivity index is -0.0000000750. The van der Waals surface area contributed by atoms with E-state index in [0.29, 0.717) is 0 Å². The maximum atomic E-state index is 9.37. The quantitative estimate of drug-likeness (QED) is 0.327. The second-order valence-corrected chi connectivity index (χ2v) is 0.747. The first kappa shape index (κ1) is 15.7. The fraction of sp³-hybridized carbons (Fsp3) is 0.400. The molecule has 0 rings (SSSR count). The normalized spacial score (nSPS) is 5.12. The van der Waals surface area contributed by atoms with Gasteiger partial charge in [0.25, 0.3) is 0 Å². The molecule has 0 saturated carbocycles. The van der Waals surface area contributed by atoms with Crippen molar-refractivity contribution >= 4 is 5.97 Å². The summed E-state index contributed by atoms with van der Waals surface area (Å²) < 4.78 is 0. The van der Waals surface area contributed by atoms with Gasteiger partial charge in [-0.15, -0.1) is 0 Å². The van der Waals surface area contributed by atoms with Crippen LogP contribution in [0.3, 0.4) is 0 Å². The van der Waals surface area contributed by atoms with E-state index >= 15 is 0 Å². The Labute approximate surface area is 71.9 Å². The predicted molar refractivity (Wildman–Crippen MR) is 27.9 cm³/mol. The molecule has 0 amide bonds. The topological polar surface area (TPSA) is 37.3 Å². The first-order chi connectivity index (χ1) is 3.27. The molecule has 0 aliphatic rings. The van der Waals surface area contributed by atoms with Crippen molar-refractivity contribution in [1.82, 2.24) is 0 Å². The van der Waals surface area contributed by atoms with Gasteiger partial charge in [-0.2, -0.15) is 0 Å². The largest absolute Gasteiger partial charge is 1.00 e. The predicted octanol–water partition coefficient (Wildman–Crippen LogP) is -1.91. The van der Waals surface area contributed by atoms with Gasteiger partial charge in [-0.1, -0.05) is 6.92 Å². The molecule has 0 atom stereocenters. The minimum atomic E-state index is -0.745. The van der Waals surface area contributed by atoms with Crippen LogP contribution in [-0.2, 0) is 4.79 Å². The molecule has 0 fully saturated rings. The van der Waals surface area contributed by atoms with Gasteiger partial charge in [-0.25, -0.2) is 0 Å². The number of carboxylic acids is 1. The van der Waals surface area contributed by atoms with Crippen molar-refractivity contribution in [1.29, 1.82) is 0 Å². The monoisotopic (exact) mass is 124 g/mol. The van der Waals surface area contributed by atoms with E-state index in [2.05, 4.69) is 13.2 Å². The summed E-state index contributed by atoms with van der Waals surface area (Å²) in [6.07, 6.45) is 0.222. The van der Waals surface area contributed by atoms with Gasteiger partial charge in [-0.3, -0.25) is 11.4 Å². The van der Waals surface area contributed by atoms with Gasteiger partial charge in [0.1, 0.15) is 0 Å². The van der Waals surface area contributed by atoms with Gasteiger partial charge < -0.3 is 11.7 Å². The summed E-state index contributed by atoms with van der Waals surface area (Å²) in [5.74, 6) is -0.745. The smallest absolute Gasteiger partial charge is 0.521 e. The Bertz CT molecular complexity index is 54.4. The fourth-order valence-corrected chi connectivity index (χ4v) is 0. The molecule has 0 aromatic heterocycles. The van der Waals surface area contributed by atoms with E-state index in [9.17, 15) is 4.79 Å². The number of hydrogen-bond acceptors (Lipinski definition) is 1. The molecule has 0 heterocycles. The van der Waals surface area contributed by atoms with E-state index in [0.717, 1.165) is 0 Å². The molecule has 0 aliphatic carbocycles. The minimum Gasteiger partial charge on any atom is -0.521 e. The van der Waals surface area contributed by atoms with E-state index in [1.807, 2.05) is 0 Å². The van der Waals surface area contributed by atoms with Crippen LogP contribution in [0.4, 0.5) is 0 Å². The number of rotatable bonds is 1. The average Bonchev–Trinajstić information content (AvgIpc) is 1.73. The van der Waals surface area contributed by atoms with Gasteiger partial charge in [0.15, 0.2) is 0 Å². The van der Waals surface area contributed by atoms with Crippen molar-refractivity contribution in [3.8, 4) is 0 Å². The van der Waals surface area contributed by atoms with Gasteiger partial charge in [0.2, 0.25) is 0 Å². The Kier molecular flexibility index (Phi) is 30.8. The van der Waals surface area contributed by atoms with Gasteiger partial charge in [0, 0.05) is 6.42 Å². The summed E-state index contributed by atoms with van der Waals surface area (Å²) in [4.78, 5) is 9.37. The summed E-state index contributed by atoms with van der Waals surface area (Å²) in [6.45, 7) is 8.60. The molecule has 1 N–H and O–H groups in total. The Morgan fingerprint density at radius 3 is 1.88 bits per heavy atom. The maximum absolute atomic E-state index is 9.37. The van der Waals surface area contributed by atoms with Crippen molar-refractivity contribution in [3.05, 3.63) is 13.2 Å². The summed E-state index contributed by atoms with van der Waals surface area (Å²) in [5, 5.41) is 7.72. The van der Waals surface area contributed by atoms with E-state index < -0.39 is 5.97 Å². The van der Waals surface area contributed by atoms with Crippen LogP contribution >= 0.6 is 0 Å². The summed E-state index contributed by atoms with van der Waals surface area (Å²) >= 11 is 0. The molecule has 42 valence electrons. The zero-order valence-corrected chi connectivity index (χ0v) is 7.35. The van der Waals surface area contributed by atoms with Crippen LogP contribution in [0.2, 0.25) is 0 Å². The molecule has 2 nitrogen and oxygen atoms in total. The molecule has 0 aromatic rings. The first-order valence-electron chi connectivity index (χ1n) is 1.90. The summed E-state index contributed by atoms with van der Waals surface area (Å²) in [7, 11) is 0. The van der Waals surface area contributed by atoms with Crippen LogP contribution in [0.25, 0.3) is 0 Å². The minimum absolute atomic E-state index is 0. The van der Waals surface area contributed by atoms with Crippen LogP contribution in [0.1, 0.15) is 13.3 Å². The average molecular weight is 124 g/mol. The molecule has 0 aromatic carbocycles. The molecule has 3 heteroatoms. The first-order valence-corrected chi connectivity index (χ1v) is 1.90. The zero-order chi connectivity index (χ0) is 6.28. The molecule has 0 aliphatic heterocycles. The second kappa shape index (κ2) is 15.7. The van der Waals surface area contributed by atoms with Crippen molar-refractivity contribution < 1.29 is 39.5 Å². The van der Waals surface area contributed by atoms with Crippen molar-refractivity contribution in [2.45, 2.75) is 13.3 Å². The second-order valence-electron chi connectivity index (χ2n) is 0.747. The van der Waals surface area contributed by atoms with Crippen LogP contribution in [-0.4, -0.2) is 11.1 Å². The maximum Gasteiger partial charge on any atom is 1.00 e. The van der Waals surface area contributed by atoms with Crippen LogP contribution < -0.4 is 29.6 Å². The SMILES string of the molecule is CCC(=O)O.[CH-]=C.[Na+]. The third-order valence-electron chi connectivity index (χ3n) is 0.302. The van der Waals surface area contributed by atoms with Crippen molar-refractivity contribution in [3.63, 3.8) is 0 Å². The van der Waals surface area contributed by atoms with Gasteiger partial charge in [0.05, 0.1) is 0 Å². The van der Waals surface area contributed by atoms with Crippen LogP contribution in [0, 0.1) is 6.58 Å². The zero-order valence-electron chi connectivity index (χ0n) is 5.35. The van der Waals surface area contributed by atoms with E-state index in [1.165, 1.54) is 0 Å². The number of carbonyl (C=O) groups is 1. The molecular weight excluding hydrogens is 115 g/mol. The Hall–Kier alpha value is 0.210. The Morgan fingerprint density at radius 2 is 1.88 bits per heavy atom.